The van der Waals surface area contributed by atoms with E-state index in [-0.39, 0.29) is 17.9 Å². The molecule has 2 unspecified atom stereocenters. The van der Waals surface area contributed by atoms with Crippen molar-refractivity contribution in [2.75, 3.05) is 5.32 Å². The molecule has 1 aromatic carbocycles. The second kappa shape index (κ2) is 4.27. The normalized spacial score (nSPS) is 22.5. The second-order valence-electron chi connectivity index (χ2n) is 4.52. The summed E-state index contributed by atoms with van der Waals surface area (Å²) < 4.78 is 0. The van der Waals surface area contributed by atoms with Crippen molar-refractivity contribution in [1.29, 1.82) is 0 Å². The van der Waals surface area contributed by atoms with Crippen molar-refractivity contribution in [2.45, 2.75) is 12.5 Å². The first-order valence-corrected chi connectivity index (χ1v) is 5.91. The maximum absolute atomic E-state index is 12.1. The predicted octanol–water partition coefficient (Wildman–Crippen LogP) is 1.40. The van der Waals surface area contributed by atoms with E-state index in [1.165, 1.54) is 0 Å². The smallest absolute Gasteiger partial charge is 0.231 e. The van der Waals surface area contributed by atoms with Crippen molar-refractivity contribution in [2.24, 2.45) is 11.7 Å². The number of fused-ring (bicyclic) bond motifs is 1. The van der Waals surface area contributed by atoms with Gasteiger partial charge in [-0.05, 0) is 18.6 Å². The molecule has 0 saturated carbocycles. The molecule has 2 aromatic rings. The molecule has 1 aromatic heterocycles. The van der Waals surface area contributed by atoms with Crippen LogP contribution in [0.1, 0.15) is 6.42 Å². The summed E-state index contributed by atoms with van der Waals surface area (Å²) in [6, 6.07) is 5.66. The highest BCUT2D eigenvalue weighted by Gasteiger charge is 2.23. The SMILES string of the molecule is NC1C=CC(C(=O)Nc2cccc3[nH]ncc23)C1. The molecule has 0 saturated heterocycles. The number of anilines is 1. The van der Waals surface area contributed by atoms with Crippen LogP contribution in [0.5, 0.6) is 0 Å². The maximum atomic E-state index is 12.1. The number of carbonyl (C=O) groups is 1. The molecule has 92 valence electrons. The van der Waals surface area contributed by atoms with Crippen LogP contribution in [0, 0.1) is 5.92 Å². The van der Waals surface area contributed by atoms with E-state index in [1.807, 2.05) is 30.4 Å². The standard InChI is InChI=1S/C13H14N4O/c14-9-5-4-8(6-9)13(18)16-11-2-1-3-12-10(11)7-15-17-12/h1-5,7-9H,6,14H2,(H,15,17)(H,16,18). The van der Waals surface area contributed by atoms with Gasteiger partial charge in [-0.15, -0.1) is 0 Å². The Kier molecular flexibility index (Phi) is 2.60. The maximum Gasteiger partial charge on any atom is 0.231 e. The Bertz CT molecular complexity index is 616. The molecule has 4 N–H and O–H groups in total. The van der Waals surface area contributed by atoms with Gasteiger partial charge in [-0.2, -0.15) is 5.10 Å². The molecular formula is C13H14N4O. The van der Waals surface area contributed by atoms with Gasteiger partial charge in [0.05, 0.1) is 23.3 Å². The molecule has 5 heteroatoms. The van der Waals surface area contributed by atoms with Gasteiger partial charge < -0.3 is 11.1 Å². The van der Waals surface area contributed by atoms with Crippen LogP contribution in [0.2, 0.25) is 0 Å². The molecular weight excluding hydrogens is 228 g/mol. The molecule has 0 aliphatic heterocycles. The lowest BCUT2D eigenvalue weighted by atomic mass is 10.1. The lowest BCUT2D eigenvalue weighted by Crippen LogP contribution is -2.24. The number of amides is 1. The Morgan fingerprint density at radius 1 is 1.44 bits per heavy atom. The molecule has 2 atom stereocenters. The lowest BCUT2D eigenvalue weighted by molar-refractivity contribution is -0.118. The number of nitrogens with two attached hydrogens (primary N) is 1. The molecule has 3 rings (SSSR count). The number of benzene rings is 1. The third-order valence-corrected chi connectivity index (χ3v) is 3.20. The zero-order valence-electron chi connectivity index (χ0n) is 9.76. The summed E-state index contributed by atoms with van der Waals surface area (Å²) in [5.74, 6) is -0.157. The van der Waals surface area contributed by atoms with Gasteiger partial charge in [-0.3, -0.25) is 9.89 Å². The van der Waals surface area contributed by atoms with Gasteiger partial charge >= 0.3 is 0 Å². The van der Waals surface area contributed by atoms with Gasteiger partial charge in [0.2, 0.25) is 5.91 Å². The van der Waals surface area contributed by atoms with Gasteiger partial charge in [-0.25, -0.2) is 0 Å². The Balaban J connectivity index is 1.82. The largest absolute Gasteiger partial charge is 0.325 e. The van der Waals surface area contributed by atoms with Crippen LogP contribution in [0.4, 0.5) is 5.69 Å². The Labute approximate surface area is 104 Å². The molecule has 18 heavy (non-hydrogen) atoms. The molecule has 1 aliphatic rings. The van der Waals surface area contributed by atoms with E-state index in [9.17, 15) is 4.79 Å². The second-order valence-corrected chi connectivity index (χ2v) is 4.52. The number of hydrogen-bond acceptors (Lipinski definition) is 3. The predicted molar refractivity (Wildman–Crippen MR) is 69.9 cm³/mol. The minimum atomic E-state index is -0.137. The first kappa shape index (κ1) is 11.0. The van der Waals surface area contributed by atoms with Crippen molar-refractivity contribution in [3.8, 4) is 0 Å². The Morgan fingerprint density at radius 3 is 3.11 bits per heavy atom. The van der Waals surface area contributed by atoms with Gasteiger partial charge in [0.1, 0.15) is 0 Å². The number of aromatic amines is 1. The van der Waals surface area contributed by atoms with Gasteiger partial charge in [-0.1, -0.05) is 18.2 Å². The van der Waals surface area contributed by atoms with E-state index in [4.69, 9.17) is 5.73 Å². The lowest BCUT2D eigenvalue weighted by Gasteiger charge is -2.11. The fraction of sp³-hybridized carbons (Fsp3) is 0.231. The molecule has 0 radical (unpaired) electrons. The first-order chi connectivity index (χ1) is 8.74. The summed E-state index contributed by atoms with van der Waals surface area (Å²) in [6.07, 6.45) is 6.13. The van der Waals surface area contributed by atoms with Crippen molar-refractivity contribution < 1.29 is 4.79 Å². The molecule has 1 heterocycles. The van der Waals surface area contributed by atoms with Crippen molar-refractivity contribution in [3.05, 3.63) is 36.5 Å². The third-order valence-electron chi connectivity index (χ3n) is 3.20. The van der Waals surface area contributed by atoms with E-state index in [0.29, 0.717) is 6.42 Å². The summed E-state index contributed by atoms with van der Waals surface area (Å²) in [5, 5.41) is 10.7. The van der Waals surface area contributed by atoms with Crippen LogP contribution in [0.3, 0.4) is 0 Å². The fourth-order valence-electron chi connectivity index (χ4n) is 2.22. The quantitative estimate of drug-likeness (QED) is 0.696. The van der Waals surface area contributed by atoms with Gasteiger partial charge in [0.15, 0.2) is 0 Å². The van der Waals surface area contributed by atoms with Gasteiger partial charge in [0.25, 0.3) is 0 Å². The number of H-pyrrole nitrogens is 1. The van der Waals surface area contributed by atoms with Crippen LogP contribution in [0.15, 0.2) is 36.5 Å². The van der Waals surface area contributed by atoms with E-state index in [1.54, 1.807) is 6.20 Å². The summed E-state index contributed by atoms with van der Waals surface area (Å²) >= 11 is 0. The summed E-state index contributed by atoms with van der Waals surface area (Å²) in [6.45, 7) is 0. The monoisotopic (exact) mass is 242 g/mol. The van der Waals surface area contributed by atoms with Crippen molar-refractivity contribution in [1.82, 2.24) is 10.2 Å². The highest BCUT2D eigenvalue weighted by atomic mass is 16.1. The fourth-order valence-corrected chi connectivity index (χ4v) is 2.22. The third kappa shape index (κ3) is 1.89. The zero-order chi connectivity index (χ0) is 12.5. The number of carbonyl (C=O) groups excluding carboxylic acids is 1. The molecule has 1 aliphatic carbocycles. The van der Waals surface area contributed by atoms with Gasteiger partial charge in [0, 0.05) is 11.4 Å². The van der Waals surface area contributed by atoms with E-state index < -0.39 is 0 Å². The molecule has 0 fully saturated rings. The Hall–Kier alpha value is -2.14. The number of nitrogens with one attached hydrogen (secondary N) is 2. The average Bonchev–Trinajstić information content (AvgIpc) is 2.97. The molecule has 1 amide bonds. The van der Waals surface area contributed by atoms with Crippen LogP contribution < -0.4 is 11.1 Å². The molecule has 5 nitrogen and oxygen atoms in total. The number of hydrogen-bond donors (Lipinski definition) is 3. The van der Waals surface area contributed by atoms with Crippen molar-refractivity contribution >= 4 is 22.5 Å². The molecule has 0 bridgehead atoms. The topological polar surface area (TPSA) is 83.8 Å². The minimum absolute atomic E-state index is 0.00883. The highest BCUT2D eigenvalue weighted by molar-refractivity contribution is 6.02. The van der Waals surface area contributed by atoms with Crippen LogP contribution >= 0.6 is 0 Å². The summed E-state index contributed by atoms with van der Waals surface area (Å²) in [7, 11) is 0. The van der Waals surface area contributed by atoms with Crippen LogP contribution in [0.25, 0.3) is 10.9 Å². The number of aromatic nitrogens is 2. The average molecular weight is 242 g/mol. The highest BCUT2D eigenvalue weighted by Crippen LogP contribution is 2.23. The number of rotatable bonds is 2. The van der Waals surface area contributed by atoms with Crippen LogP contribution in [-0.2, 0) is 4.79 Å². The minimum Gasteiger partial charge on any atom is -0.325 e. The van der Waals surface area contributed by atoms with Crippen molar-refractivity contribution in [3.63, 3.8) is 0 Å². The van der Waals surface area contributed by atoms with E-state index in [2.05, 4.69) is 15.5 Å². The van der Waals surface area contributed by atoms with E-state index in [0.717, 1.165) is 16.6 Å². The Morgan fingerprint density at radius 2 is 2.33 bits per heavy atom. The zero-order valence-corrected chi connectivity index (χ0v) is 9.76. The van der Waals surface area contributed by atoms with Crippen LogP contribution in [-0.4, -0.2) is 22.1 Å². The first-order valence-electron chi connectivity index (χ1n) is 5.91. The summed E-state index contributed by atoms with van der Waals surface area (Å²) in [5.41, 5.74) is 7.44. The number of nitrogens with zero attached hydrogens (tertiary/aromatic N) is 1. The van der Waals surface area contributed by atoms with E-state index >= 15 is 0 Å². The summed E-state index contributed by atoms with van der Waals surface area (Å²) in [4.78, 5) is 12.1. The molecule has 0 spiro atoms.